The van der Waals surface area contributed by atoms with Crippen LogP contribution in [0.1, 0.15) is 17.8 Å². The van der Waals surface area contributed by atoms with Crippen molar-refractivity contribution in [3.05, 3.63) is 19.2 Å². The third kappa shape index (κ3) is 3.27. The number of rotatable bonds is 4. The van der Waals surface area contributed by atoms with Crippen LogP contribution in [0.15, 0.2) is 14.3 Å². The average molecular weight is 357 g/mol. The van der Waals surface area contributed by atoms with E-state index in [1.54, 1.807) is 14.0 Å². The number of carbonyl (C=O) groups is 1. The number of likely N-dealkylation sites (N-methyl/N-ethyl adjacent to an activating group) is 1. The Hall–Kier alpha value is 0.0900. The second-order valence-electron chi connectivity index (χ2n) is 2.74. The maximum absolute atomic E-state index is 11.6. The van der Waals surface area contributed by atoms with Crippen LogP contribution in [-0.2, 0) is 9.53 Å². The Morgan fingerprint density at radius 1 is 1.67 bits per heavy atom. The lowest BCUT2D eigenvalue weighted by molar-refractivity contribution is -0.145. The maximum atomic E-state index is 11.6. The van der Waals surface area contributed by atoms with Crippen molar-refractivity contribution in [1.29, 1.82) is 0 Å². The third-order valence-corrected chi connectivity index (χ3v) is 5.08. The van der Waals surface area contributed by atoms with E-state index in [-0.39, 0.29) is 5.97 Å². The Morgan fingerprint density at radius 3 is 2.73 bits per heavy atom. The third-order valence-electron chi connectivity index (χ3n) is 1.76. The SMILES string of the molecule is CCOC(=O)C(NC)c1cc(Br)c(Br)s1. The molecule has 6 heteroatoms. The summed E-state index contributed by atoms with van der Waals surface area (Å²) in [6.45, 7) is 2.19. The Labute approximate surface area is 109 Å². The standard InChI is InChI=1S/C9H11Br2NO2S/c1-3-14-9(13)7(12-2)6-4-5(10)8(11)15-6/h4,7,12H,3H2,1-2H3. The Bertz CT molecular complexity index is 334. The molecular formula is C9H11Br2NO2S. The predicted octanol–water partition coefficient (Wildman–Crippen LogP) is 3.10. The maximum Gasteiger partial charge on any atom is 0.328 e. The Morgan fingerprint density at radius 2 is 2.33 bits per heavy atom. The molecule has 1 atom stereocenters. The zero-order valence-electron chi connectivity index (χ0n) is 8.34. The van der Waals surface area contributed by atoms with Crippen LogP contribution in [0.5, 0.6) is 0 Å². The molecular weight excluding hydrogens is 346 g/mol. The summed E-state index contributed by atoms with van der Waals surface area (Å²) in [5.74, 6) is -0.249. The minimum absolute atomic E-state index is 0.249. The highest BCUT2D eigenvalue weighted by Gasteiger charge is 2.22. The fourth-order valence-corrected chi connectivity index (χ4v) is 3.30. The van der Waals surface area contributed by atoms with Gasteiger partial charge in [0.25, 0.3) is 0 Å². The van der Waals surface area contributed by atoms with Crippen molar-refractivity contribution in [3.63, 3.8) is 0 Å². The van der Waals surface area contributed by atoms with Gasteiger partial charge in [-0.3, -0.25) is 0 Å². The van der Waals surface area contributed by atoms with Crippen LogP contribution in [0, 0.1) is 0 Å². The monoisotopic (exact) mass is 355 g/mol. The summed E-state index contributed by atoms with van der Waals surface area (Å²) < 4.78 is 6.90. The molecule has 0 radical (unpaired) electrons. The van der Waals surface area contributed by atoms with Crippen molar-refractivity contribution in [2.24, 2.45) is 0 Å². The van der Waals surface area contributed by atoms with Crippen molar-refractivity contribution in [2.45, 2.75) is 13.0 Å². The van der Waals surface area contributed by atoms with Crippen molar-refractivity contribution >= 4 is 49.2 Å². The fraction of sp³-hybridized carbons (Fsp3) is 0.444. The predicted molar refractivity (Wildman–Crippen MR) is 68.2 cm³/mol. The first-order valence-corrected chi connectivity index (χ1v) is 6.79. The van der Waals surface area contributed by atoms with E-state index in [1.165, 1.54) is 11.3 Å². The van der Waals surface area contributed by atoms with Crippen LogP contribution in [0.25, 0.3) is 0 Å². The normalized spacial score (nSPS) is 12.5. The van der Waals surface area contributed by atoms with Crippen molar-refractivity contribution in [2.75, 3.05) is 13.7 Å². The lowest BCUT2D eigenvalue weighted by Crippen LogP contribution is -2.26. The average Bonchev–Trinajstić information content (AvgIpc) is 2.48. The lowest BCUT2D eigenvalue weighted by atomic mass is 10.2. The summed E-state index contributed by atoms with van der Waals surface area (Å²) in [7, 11) is 1.74. The van der Waals surface area contributed by atoms with Gasteiger partial charge in [0, 0.05) is 9.35 Å². The summed E-state index contributed by atoms with van der Waals surface area (Å²) in [5.41, 5.74) is 0. The van der Waals surface area contributed by atoms with Crippen molar-refractivity contribution in [3.8, 4) is 0 Å². The van der Waals surface area contributed by atoms with Gasteiger partial charge in [0.1, 0.15) is 6.04 Å². The van der Waals surface area contributed by atoms with E-state index >= 15 is 0 Å². The number of ether oxygens (including phenoxy) is 1. The smallest absolute Gasteiger partial charge is 0.328 e. The zero-order valence-corrected chi connectivity index (χ0v) is 12.3. The molecule has 1 aromatic heterocycles. The second kappa shape index (κ2) is 5.98. The summed E-state index contributed by atoms with van der Waals surface area (Å²) in [4.78, 5) is 12.5. The van der Waals surface area contributed by atoms with Crippen LogP contribution in [0.4, 0.5) is 0 Å². The molecule has 0 aliphatic carbocycles. The number of nitrogens with one attached hydrogen (secondary N) is 1. The molecule has 0 saturated carbocycles. The number of esters is 1. The first-order valence-electron chi connectivity index (χ1n) is 4.38. The first kappa shape index (κ1) is 13.2. The molecule has 1 N–H and O–H groups in total. The molecule has 1 aromatic rings. The van der Waals surface area contributed by atoms with E-state index in [9.17, 15) is 4.79 Å². The summed E-state index contributed by atoms with van der Waals surface area (Å²) in [6, 6.07) is 1.52. The molecule has 1 heterocycles. The van der Waals surface area contributed by atoms with E-state index in [2.05, 4.69) is 37.2 Å². The summed E-state index contributed by atoms with van der Waals surface area (Å²) >= 11 is 8.29. The van der Waals surface area contributed by atoms with Crippen LogP contribution in [-0.4, -0.2) is 19.6 Å². The van der Waals surface area contributed by atoms with E-state index in [4.69, 9.17) is 4.74 Å². The molecule has 0 spiro atoms. The molecule has 0 fully saturated rings. The number of hydrogen-bond acceptors (Lipinski definition) is 4. The van der Waals surface area contributed by atoms with Gasteiger partial charge in [-0.1, -0.05) is 0 Å². The highest BCUT2D eigenvalue weighted by Crippen LogP contribution is 2.35. The van der Waals surface area contributed by atoms with Crippen LogP contribution in [0.3, 0.4) is 0 Å². The van der Waals surface area contributed by atoms with Crippen LogP contribution < -0.4 is 5.32 Å². The van der Waals surface area contributed by atoms with Gasteiger partial charge < -0.3 is 10.1 Å². The van der Waals surface area contributed by atoms with E-state index in [0.717, 1.165) is 13.1 Å². The quantitative estimate of drug-likeness (QED) is 0.842. The first-order chi connectivity index (χ1) is 7.10. The molecule has 1 unspecified atom stereocenters. The number of thiophene rings is 1. The second-order valence-corrected chi connectivity index (χ2v) is 6.00. The van der Waals surface area contributed by atoms with Gasteiger partial charge in [-0.25, -0.2) is 4.79 Å². The van der Waals surface area contributed by atoms with Gasteiger partial charge in [-0.05, 0) is 51.9 Å². The molecule has 0 aliphatic rings. The van der Waals surface area contributed by atoms with E-state index in [1.807, 2.05) is 6.07 Å². The van der Waals surface area contributed by atoms with Crippen LogP contribution >= 0.6 is 43.2 Å². The molecule has 0 saturated heterocycles. The van der Waals surface area contributed by atoms with Crippen LogP contribution in [0.2, 0.25) is 0 Å². The lowest BCUT2D eigenvalue weighted by Gasteiger charge is -2.12. The number of halogens is 2. The van der Waals surface area contributed by atoms with Gasteiger partial charge in [0.2, 0.25) is 0 Å². The minimum Gasteiger partial charge on any atom is -0.465 e. The van der Waals surface area contributed by atoms with Gasteiger partial charge in [-0.15, -0.1) is 11.3 Å². The minimum atomic E-state index is -0.391. The highest BCUT2D eigenvalue weighted by molar-refractivity contribution is 9.13. The van der Waals surface area contributed by atoms with Crippen molar-refractivity contribution in [1.82, 2.24) is 5.32 Å². The van der Waals surface area contributed by atoms with Gasteiger partial charge in [0.05, 0.1) is 10.4 Å². The van der Waals surface area contributed by atoms with E-state index in [0.29, 0.717) is 6.61 Å². The molecule has 0 bridgehead atoms. The molecule has 84 valence electrons. The summed E-state index contributed by atoms with van der Waals surface area (Å²) in [5, 5.41) is 2.94. The zero-order chi connectivity index (χ0) is 11.4. The summed E-state index contributed by atoms with van der Waals surface area (Å²) in [6.07, 6.45) is 0. The Kier molecular flexibility index (Phi) is 5.25. The number of carbonyl (C=O) groups excluding carboxylic acids is 1. The van der Waals surface area contributed by atoms with Gasteiger partial charge >= 0.3 is 5.97 Å². The molecule has 3 nitrogen and oxygen atoms in total. The molecule has 15 heavy (non-hydrogen) atoms. The molecule has 0 amide bonds. The molecule has 1 rings (SSSR count). The highest BCUT2D eigenvalue weighted by atomic mass is 79.9. The Balaban J connectivity index is 2.87. The fourth-order valence-electron chi connectivity index (χ4n) is 1.11. The molecule has 0 aromatic carbocycles. The van der Waals surface area contributed by atoms with Crippen molar-refractivity contribution < 1.29 is 9.53 Å². The topological polar surface area (TPSA) is 38.3 Å². The largest absolute Gasteiger partial charge is 0.465 e. The van der Waals surface area contributed by atoms with Gasteiger partial charge in [-0.2, -0.15) is 0 Å². The number of hydrogen-bond donors (Lipinski definition) is 1. The molecule has 0 aliphatic heterocycles. The van der Waals surface area contributed by atoms with E-state index < -0.39 is 6.04 Å². The van der Waals surface area contributed by atoms with Gasteiger partial charge in [0.15, 0.2) is 0 Å².